The Labute approximate surface area is 154 Å². The number of thiophene rings is 1. The summed E-state index contributed by atoms with van der Waals surface area (Å²) in [6.07, 6.45) is -2.55. The van der Waals surface area contributed by atoms with Crippen LogP contribution in [0.1, 0.15) is 41.8 Å². The van der Waals surface area contributed by atoms with Crippen LogP contribution in [0.15, 0.2) is 41.8 Å². The Kier molecular flexibility index (Phi) is 5.67. The number of carbonyl (C=O) groups excluding carboxylic acids is 1. The molecule has 0 radical (unpaired) electrons. The van der Waals surface area contributed by atoms with Crippen LogP contribution in [0.25, 0.3) is 0 Å². The van der Waals surface area contributed by atoms with Gasteiger partial charge in [-0.1, -0.05) is 24.3 Å². The number of nitrogens with one attached hydrogen (secondary N) is 1. The molecule has 140 valence electrons. The first-order valence-electron chi connectivity index (χ1n) is 8.56. The number of benzene rings is 1. The topological polar surface area (TPSA) is 32.3 Å². The molecular formula is C19H21F3N2OS. The van der Waals surface area contributed by atoms with Gasteiger partial charge >= 0.3 is 6.18 Å². The molecule has 1 atom stereocenters. The van der Waals surface area contributed by atoms with Crippen molar-refractivity contribution in [1.29, 1.82) is 0 Å². The maximum atomic E-state index is 13.2. The molecule has 0 bridgehead atoms. The van der Waals surface area contributed by atoms with Crippen molar-refractivity contribution in [3.05, 3.63) is 57.8 Å². The van der Waals surface area contributed by atoms with E-state index >= 15 is 0 Å². The highest BCUT2D eigenvalue weighted by Gasteiger charge is 2.36. The molecule has 1 aromatic heterocycles. The Bertz CT molecular complexity index is 741. The lowest BCUT2D eigenvalue weighted by Gasteiger charge is -2.24. The van der Waals surface area contributed by atoms with Crippen molar-refractivity contribution in [2.75, 3.05) is 6.54 Å². The average molecular weight is 382 g/mol. The van der Waals surface area contributed by atoms with E-state index in [0.717, 1.165) is 23.8 Å². The van der Waals surface area contributed by atoms with Gasteiger partial charge in [0.05, 0.1) is 18.2 Å². The minimum Gasteiger partial charge on any atom is -0.348 e. The third kappa shape index (κ3) is 4.86. The molecule has 1 saturated carbocycles. The van der Waals surface area contributed by atoms with Crippen LogP contribution >= 0.6 is 11.3 Å². The van der Waals surface area contributed by atoms with Gasteiger partial charge in [0.1, 0.15) is 0 Å². The molecule has 0 aliphatic heterocycles. The van der Waals surface area contributed by atoms with Crippen LogP contribution in [0, 0.1) is 0 Å². The highest BCUT2D eigenvalue weighted by molar-refractivity contribution is 7.10. The quantitative estimate of drug-likeness (QED) is 0.759. The Hall–Kier alpha value is -1.86. The van der Waals surface area contributed by atoms with Crippen LogP contribution in [0.5, 0.6) is 0 Å². The van der Waals surface area contributed by atoms with Gasteiger partial charge in [-0.25, -0.2) is 0 Å². The van der Waals surface area contributed by atoms with Crippen LogP contribution in [0.4, 0.5) is 13.2 Å². The van der Waals surface area contributed by atoms with Gasteiger partial charge in [-0.2, -0.15) is 13.2 Å². The molecule has 1 aliphatic carbocycles. The zero-order valence-corrected chi connectivity index (χ0v) is 15.2. The van der Waals surface area contributed by atoms with Gasteiger partial charge < -0.3 is 5.32 Å². The molecule has 7 heteroatoms. The SMILES string of the molecule is CC(NC(=O)CN(Cc1ccccc1C(F)(F)F)C1CC1)c1cccs1. The minimum absolute atomic E-state index is 0.104. The smallest absolute Gasteiger partial charge is 0.348 e. The number of rotatable bonds is 7. The maximum absolute atomic E-state index is 13.2. The molecule has 1 N–H and O–H groups in total. The lowest BCUT2D eigenvalue weighted by atomic mass is 10.1. The minimum atomic E-state index is -4.39. The second-order valence-electron chi connectivity index (χ2n) is 6.60. The zero-order chi connectivity index (χ0) is 18.7. The molecule has 0 spiro atoms. The van der Waals surface area contributed by atoms with Crippen LogP contribution in [0.3, 0.4) is 0 Å². The largest absolute Gasteiger partial charge is 0.416 e. The molecule has 1 aromatic carbocycles. The van der Waals surface area contributed by atoms with Gasteiger partial charge in [-0.3, -0.25) is 9.69 Å². The number of hydrogen-bond acceptors (Lipinski definition) is 3. The molecule has 26 heavy (non-hydrogen) atoms. The van der Waals surface area contributed by atoms with Crippen molar-refractivity contribution in [2.24, 2.45) is 0 Å². The van der Waals surface area contributed by atoms with Crippen LogP contribution in [-0.2, 0) is 17.5 Å². The van der Waals surface area contributed by atoms with E-state index in [1.165, 1.54) is 12.1 Å². The summed E-state index contributed by atoms with van der Waals surface area (Å²) in [7, 11) is 0. The summed E-state index contributed by atoms with van der Waals surface area (Å²) in [6, 6.07) is 9.54. The summed E-state index contributed by atoms with van der Waals surface area (Å²) < 4.78 is 39.6. The summed E-state index contributed by atoms with van der Waals surface area (Å²) in [5.41, 5.74) is -0.413. The van der Waals surface area contributed by atoms with E-state index in [1.54, 1.807) is 17.4 Å². The number of alkyl halides is 3. The van der Waals surface area contributed by atoms with Crippen LogP contribution in [0.2, 0.25) is 0 Å². The molecule has 3 rings (SSSR count). The van der Waals surface area contributed by atoms with Crippen LogP contribution < -0.4 is 5.32 Å². The first-order chi connectivity index (χ1) is 12.3. The summed E-state index contributed by atoms with van der Waals surface area (Å²) in [6.45, 7) is 2.14. The van der Waals surface area contributed by atoms with Crippen molar-refractivity contribution >= 4 is 17.2 Å². The van der Waals surface area contributed by atoms with Crippen molar-refractivity contribution in [3.8, 4) is 0 Å². The first-order valence-corrected chi connectivity index (χ1v) is 9.44. The molecule has 1 unspecified atom stereocenters. The van der Waals surface area contributed by atoms with Crippen molar-refractivity contribution in [1.82, 2.24) is 10.2 Å². The van der Waals surface area contributed by atoms with Gasteiger partial charge in [0.25, 0.3) is 0 Å². The fourth-order valence-corrected chi connectivity index (χ4v) is 3.72. The Morgan fingerprint density at radius 3 is 2.62 bits per heavy atom. The number of nitrogens with zero attached hydrogens (tertiary/aromatic N) is 1. The summed E-state index contributed by atoms with van der Waals surface area (Å²) in [4.78, 5) is 15.3. The van der Waals surface area contributed by atoms with E-state index in [1.807, 2.05) is 29.3 Å². The molecule has 3 nitrogen and oxygen atoms in total. The summed E-state index contributed by atoms with van der Waals surface area (Å²) in [5.74, 6) is -0.165. The Morgan fingerprint density at radius 1 is 1.27 bits per heavy atom. The molecule has 1 aliphatic rings. The van der Waals surface area contributed by atoms with E-state index in [-0.39, 0.29) is 36.6 Å². The van der Waals surface area contributed by atoms with E-state index < -0.39 is 11.7 Å². The fourth-order valence-electron chi connectivity index (χ4n) is 2.99. The summed E-state index contributed by atoms with van der Waals surface area (Å²) >= 11 is 1.56. The third-order valence-electron chi connectivity index (χ3n) is 4.45. The lowest BCUT2D eigenvalue weighted by Crippen LogP contribution is -2.39. The number of hydrogen-bond donors (Lipinski definition) is 1. The predicted octanol–water partition coefficient (Wildman–Crippen LogP) is 4.61. The van der Waals surface area contributed by atoms with Gasteiger partial charge in [-0.15, -0.1) is 11.3 Å². The Morgan fingerprint density at radius 2 is 2.00 bits per heavy atom. The van der Waals surface area contributed by atoms with Crippen molar-refractivity contribution < 1.29 is 18.0 Å². The number of carbonyl (C=O) groups is 1. The van der Waals surface area contributed by atoms with Crippen LogP contribution in [-0.4, -0.2) is 23.4 Å². The second-order valence-corrected chi connectivity index (χ2v) is 7.57. The maximum Gasteiger partial charge on any atom is 0.416 e. The predicted molar refractivity (Wildman–Crippen MR) is 95.8 cm³/mol. The van der Waals surface area contributed by atoms with E-state index in [2.05, 4.69) is 5.32 Å². The Balaban J connectivity index is 1.66. The lowest BCUT2D eigenvalue weighted by molar-refractivity contribution is -0.138. The standard InChI is InChI=1S/C19H21F3N2OS/c1-13(17-7-4-10-26-17)23-18(25)12-24(15-8-9-15)11-14-5-2-3-6-16(14)19(20,21)22/h2-7,10,13,15H,8-9,11-12H2,1H3,(H,23,25). The third-order valence-corrected chi connectivity index (χ3v) is 5.51. The molecular weight excluding hydrogens is 361 g/mol. The molecule has 2 aromatic rings. The van der Waals surface area contributed by atoms with E-state index in [4.69, 9.17) is 0 Å². The van der Waals surface area contributed by atoms with E-state index in [9.17, 15) is 18.0 Å². The van der Waals surface area contributed by atoms with Crippen molar-refractivity contribution in [3.63, 3.8) is 0 Å². The normalized spacial score (nSPS) is 15.9. The highest BCUT2D eigenvalue weighted by atomic mass is 32.1. The van der Waals surface area contributed by atoms with Crippen molar-refractivity contribution in [2.45, 2.75) is 44.6 Å². The van der Waals surface area contributed by atoms with Gasteiger partial charge in [0, 0.05) is 17.5 Å². The number of halogens is 3. The first kappa shape index (κ1) is 18.9. The zero-order valence-electron chi connectivity index (χ0n) is 14.4. The summed E-state index contributed by atoms with van der Waals surface area (Å²) in [5, 5.41) is 4.88. The number of amides is 1. The van der Waals surface area contributed by atoms with E-state index in [0.29, 0.717) is 0 Å². The molecule has 1 amide bonds. The molecule has 0 saturated heterocycles. The highest BCUT2D eigenvalue weighted by Crippen LogP contribution is 2.34. The second kappa shape index (κ2) is 7.80. The van der Waals surface area contributed by atoms with Gasteiger partial charge in [0.2, 0.25) is 5.91 Å². The fraction of sp³-hybridized carbons (Fsp3) is 0.421. The van der Waals surface area contributed by atoms with Gasteiger partial charge in [-0.05, 0) is 42.8 Å². The molecule has 1 fully saturated rings. The monoisotopic (exact) mass is 382 g/mol. The molecule has 1 heterocycles. The van der Waals surface area contributed by atoms with Gasteiger partial charge in [0.15, 0.2) is 0 Å². The average Bonchev–Trinajstić information content (AvgIpc) is 3.27.